The van der Waals surface area contributed by atoms with Gasteiger partial charge in [-0.1, -0.05) is 25.1 Å². The summed E-state index contributed by atoms with van der Waals surface area (Å²) in [6.45, 7) is 1.94. The molecule has 2 aromatic carbocycles. The smallest absolute Gasteiger partial charge is 0.266 e. The molecule has 5 rings (SSSR count). The van der Waals surface area contributed by atoms with Crippen LogP contribution in [0.5, 0.6) is 0 Å². The first-order chi connectivity index (χ1) is 15.6. The highest BCUT2D eigenvalue weighted by Crippen LogP contribution is 2.28. The fourth-order valence-corrected chi connectivity index (χ4v) is 3.90. The summed E-state index contributed by atoms with van der Waals surface area (Å²) in [5.41, 5.74) is 1.42. The Balaban J connectivity index is 1.75. The highest BCUT2D eigenvalue weighted by Gasteiger charge is 2.21. The van der Waals surface area contributed by atoms with Crippen molar-refractivity contribution in [3.05, 3.63) is 88.9 Å². The zero-order valence-electron chi connectivity index (χ0n) is 17.0. The molecule has 0 radical (unpaired) electrons. The molecule has 0 fully saturated rings. The van der Waals surface area contributed by atoms with Crippen LogP contribution < -0.4 is 10.9 Å². The Morgan fingerprint density at radius 3 is 2.75 bits per heavy atom. The predicted octanol–water partition coefficient (Wildman–Crippen LogP) is 4.50. The first-order valence-corrected chi connectivity index (χ1v) is 10.1. The van der Waals surface area contributed by atoms with Gasteiger partial charge < -0.3 is 10.3 Å². The minimum Gasteiger partial charge on any atom is -0.360 e. The van der Waals surface area contributed by atoms with Crippen LogP contribution in [0, 0.1) is 11.6 Å². The van der Waals surface area contributed by atoms with Crippen molar-refractivity contribution < 1.29 is 8.78 Å². The largest absolute Gasteiger partial charge is 0.360 e. The lowest BCUT2D eigenvalue weighted by atomic mass is 10.0. The third kappa shape index (κ3) is 3.27. The lowest BCUT2D eigenvalue weighted by Gasteiger charge is -2.23. The maximum absolute atomic E-state index is 14.6. The molecule has 3 heterocycles. The first kappa shape index (κ1) is 19.8. The van der Waals surface area contributed by atoms with Gasteiger partial charge in [-0.15, -0.1) is 0 Å². The molecule has 0 unspecified atom stereocenters. The number of anilines is 1. The van der Waals surface area contributed by atoms with Crippen LogP contribution in [-0.4, -0.2) is 24.5 Å². The number of nitrogens with zero attached hydrogens (tertiary/aromatic N) is 4. The molecule has 0 saturated heterocycles. The monoisotopic (exact) mass is 432 g/mol. The highest BCUT2D eigenvalue weighted by atomic mass is 19.1. The minimum atomic E-state index is -0.626. The molecule has 3 aromatic heterocycles. The van der Waals surface area contributed by atoms with Crippen molar-refractivity contribution >= 4 is 27.8 Å². The highest BCUT2D eigenvalue weighted by molar-refractivity contribution is 5.84. The second-order valence-corrected chi connectivity index (χ2v) is 7.32. The zero-order valence-corrected chi connectivity index (χ0v) is 17.0. The summed E-state index contributed by atoms with van der Waals surface area (Å²) in [6.07, 6.45) is 3.49. The number of rotatable bonds is 5. The van der Waals surface area contributed by atoms with Gasteiger partial charge in [0.1, 0.15) is 23.5 Å². The topological polar surface area (TPSA) is 88.5 Å². The molecule has 0 saturated carbocycles. The Hall–Kier alpha value is -4.14. The van der Waals surface area contributed by atoms with Crippen molar-refractivity contribution in [2.75, 3.05) is 5.32 Å². The molecule has 160 valence electrons. The van der Waals surface area contributed by atoms with Crippen LogP contribution in [0.2, 0.25) is 0 Å². The summed E-state index contributed by atoms with van der Waals surface area (Å²) in [5, 5.41) is 3.74. The van der Waals surface area contributed by atoms with Gasteiger partial charge in [-0.05, 0) is 42.1 Å². The number of aromatic nitrogens is 5. The Kier molecular flexibility index (Phi) is 4.85. The first-order valence-electron chi connectivity index (χ1n) is 10.1. The van der Waals surface area contributed by atoms with Gasteiger partial charge >= 0.3 is 0 Å². The van der Waals surface area contributed by atoms with E-state index in [0.29, 0.717) is 40.2 Å². The van der Waals surface area contributed by atoms with E-state index in [2.05, 4.69) is 25.3 Å². The van der Waals surface area contributed by atoms with Crippen LogP contribution in [-0.2, 0) is 0 Å². The number of pyridine rings is 1. The van der Waals surface area contributed by atoms with E-state index in [1.165, 1.54) is 41.5 Å². The Morgan fingerprint density at radius 1 is 1.09 bits per heavy atom. The lowest BCUT2D eigenvalue weighted by molar-refractivity contribution is 0.623. The third-order valence-corrected chi connectivity index (χ3v) is 5.38. The third-order valence-electron chi connectivity index (χ3n) is 5.38. The van der Waals surface area contributed by atoms with Crippen molar-refractivity contribution in [2.24, 2.45) is 0 Å². The minimum absolute atomic E-state index is 0.0490. The van der Waals surface area contributed by atoms with E-state index in [4.69, 9.17) is 0 Å². The van der Waals surface area contributed by atoms with E-state index in [-0.39, 0.29) is 5.39 Å². The molecule has 32 heavy (non-hydrogen) atoms. The average Bonchev–Trinajstić information content (AvgIpc) is 3.27. The van der Waals surface area contributed by atoms with E-state index in [0.717, 1.165) is 0 Å². The van der Waals surface area contributed by atoms with E-state index >= 15 is 0 Å². The van der Waals surface area contributed by atoms with Gasteiger partial charge in [0.15, 0.2) is 11.5 Å². The van der Waals surface area contributed by atoms with Gasteiger partial charge in [0.05, 0.1) is 23.4 Å². The van der Waals surface area contributed by atoms with Crippen LogP contribution in [0.3, 0.4) is 0 Å². The second-order valence-electron chi connectivity index (χ2n) is 7.32. The van der Waals surface area contributed by atoms with Gasteiger partial charge in [0.25, 0.3) is 5.56 Å². The molecular formula is C23H18F2N6O. The number of H-pyrrole nitrogens is 1. The van der Waals surface area contributed by atoms with Crippen molar-refractivity contribution in [1.29, 1.82) is 0 Å². The number of aromatic amines is 1. The SMILES string of the molecule is CC[C@@H](Nc1ncnc2[nH]cnc12)c1cc2cccc(F)c2c(=O)n1-c1cccc(F)c1. The molecule has 5 aromatic rings. The number of hydrogen-bond donors (Lipinski definition) is 2. The molecule has 0 aliphatic rings. The zero-order chi connectivity index (χ0) is 22.2. The van der Waals surface area contributed by atoms with Crippen molar-refractivity contribution in [2.45, 2.75) is 19.4 Å². The molecule has 9 heteroatoms. The van der Waals surface area contributed by atoms with Crippen LogP contribution in [0.1, 0.15) is 25.1 Å². The number of halogens is 2. The van der Waals surface area contributed by atoms with Gasteiger partial charge in [-0.25, -0.2) is 23.7 Å². The summed E-state index contributed by atoms with van der Waals surface area (Å²) in [6, 6.07) is 11.5. The average molecular weight is 432 g/mol. The summed E-state index contributed by atoms with van der Waals surface area (Å²) < 4.78 is 30.0. The van der Waals surface area contributed by atoms with Gasteiger partial charge in [-0.3, -0.25) is 9.36 Å². The predicted molar refractivity (Wildman–Crippen MR) is 118 cm³/mol. The van der Waals surface area contributed by atoms with Gasteiger partial charge in [-0.2, -0.15) is 0 Å². The second kappa shape index (κ2) is 7.84. The van der Waals surface area contributed by atoms with Crippen LogP contribution in [0.4, 0.5) is 14.6 Å². The molecule has 1 atom stereocenters. The maximum Gasteiger partial charge on any atom is 0.266 e. The molecule has 0 amide bonds. The Bertz CT molecular complexity index is 1510. The number of imidazole rings is 1. The summed E-state index contributed by atoms with van der Waals surface area (Å²) in [5.74, 6) is -0.635. The van der Waals surface area contributed by atoms with Crippen molar-refractivity contribution in [1.82, 2.24) is 24.5 Å². The van der Waals surface area contributed by atoms with Crippen LogP contribution >= 0.6 is 0 Å². The fraction of sp³-hybridized carbons (Fsp3) is 0.130. The summed E-state index contributed by atoms with van der Waals surface area (Å²) in [7, 11) is 0. The number of fused-ring (bicyclic) bond motifs is 2. The summed E-state index contributed by atoms with van der Waals surface area (Å²) >= 11 is 0. The van der Waals surface area contributed by atoms with Gasteiger partial charge in [0, 0.05) is 5.69 Å². The number of hydrogen-bond acceptors (Lipinski definition) is 5. The molecule has 2 N–H and O–H groups in total. The van der Waals surface area contributed by atoms with E-state index in [1.54, 1.807) is 24.3 Å². The number of benzene rings is 2. The van der Waals surface area contributed by atoms with E-state index < -0.39 is 23.2 Å². The normalized spacial score (nSPS) is 12.3. The lowest BCUT2D eigenvalue weighted by Crippen LogP contribution is -2.27. The molecule has 0 aliphatic carbocycles. The van der Waals surface area contributed by atoms with Crippen molar-refractivity contribution in [3.8, 4) is 5.69 Å². The Morgan fingerprint density at radius 2 is 1.94 bits per heavy atom. The van der Waals surface area contributed by atoms with Crippen LogP contribution in [0.15, 0.2) is 66.0 Å². The maximum atomic E-state index is 14.6. The summed E-state index contributed by atoms with van der Waals surface area (Å²) in [4.78, 5) is 29.1. The fourth-order valence-electron chi connectivity index (χ4n) is 3.90. The van der Waals surface area contributed by atoms with E-state index in [9.17, 15) is 13.6 Å². The standard InChI is InChI=1S/C23H18F2N6O/c1-2-17(30-22-20-21(27-11-26-20)28-12-29-22)18-9-13-5-3-8-16(25)19(13)23(32)31(18)15-7-4-6-14(24)10-15/h3-12,17H,2H2,1H3,(H2,26,27,28,29,30)/t17-/m1/s1. The van der Waals surface area contributed by atoms with E-state index in [1.807, 2.05) is 6.92 Å². The van der Waals surface area contributed by atoms with Gasteiger partial charge in [0.2, 0.25) is 0 Å². The molecule has 7 nitrogen and oxygen atoms in total. The van der Waals surface area contributed by atoms with Crippen LogP contribution in [0.25, 0.3) is 27.6 Å². The molecule has 0 bridgehead atoms. The number of nitrogens with one attached hydrogen (secondary N) is 2. The van der Waals surface area contributed by atoms with Crippen molar-refractivity contribution in [3.63, 3.8) is 0 Å². The molecule has 0 aliphatic heterocycles. The quantitative estimate of drug-likeness (QED) is 0.427. The Labute approximate surface area is 180 Å². The molecular weight excluding hydrogens is 414 g/mol. The molecule has 0 spiro atoms.